The highest BCUT2D eigenvalue weighted by Crippen LogP contribution is 2.45. The highest BCUT2D eigenvalue weighted by Gasteiger charge is 2.26. The van der Waals surface area contributed by atoms with Crippen LogP contribution in [0.5, 0.6) is 5.88 Å². The first-order chi connectivity index (χ1) is 13.4. The number of halogens is 1. The van der Waals surface area contributed by atoms with E-state index in [9.17, 15) is 9.90 Å². The van der Waals surface area contributed by atoms with Gasteiger partial charge in [0.25, 0.3) is 5.56 Å². The Hall–Kier alpha value is -2.16. The van der Waals surface area contributed by atoms with E-state index in [-0.39, 0.29) is 21.5 Å². The second kappa shape index (κ2) is 7.69. The normalized spacial score (nSPS) is 16.2. The number of hydrogen-bond acceptors (Lipinski definition) is 5. The van der Waals surface area contributed by atoms with Crippen LogP contribution in [0.2, 0.25) is 0 Å². The summed E-state index contributed by atoms with van der Waals surface area (Å²) < 4.78 is 2.55. The third kappa shape index (κ3) is 3.59. The number of aliphatic imine (C=N–C) groups is 1. The van der Waals surface area contributed by atoms with Gasteiger partial charge in [-0.1, -0.05) is 40.2 Å². The maximum atomic E-state index is 12.6. The monoisotopic (exact) mass is 473 g/mol. The number of para-hydroxylation sites is 1. The minimum atomic E-state index is -0.432. The van der Waals surface area contributed by atoms with Gasteiger partial charge in [-0.3, -0.25) is 19.3 Å². The SMILES string of the molecule is Cn1c(O)c(C2=Nc3ccccc3S[C@@H](c3ccc(Br)cc3)C2)c(=O)[nH]c1=S. The largest absolute Gasteiger partial charge is 0.494 e. The van der Waals surface area contributed by atoms with E-state index >= 15 is 0 Å². The Labute approximate surface area is 179 Å². The van der Waals surface area contributed by atoms with Crippen molar-refractivity contribution in [3.8, 4) is 5.88 Å². The molecule has 0 unspecified atom stereocenters. The highest BCUT2D eigenvalue weighted by atomic mass is 79.9. The lowest BCUT2D eigenvalue weighted by Crippen LogP contribution is -2.23. The van der Waals surface area contributed by atoms with Crippen molar-refractivity contribution in [2.24, 2.45) is 12.0 Å². The van der Waals surface area contributed by atoms with Crippen LogP contribution in [-0.2, 0) is 7.05 Å². The molecule has 0 radical (unpaired) electrons. The van der Waals surface area contributed by atoms with E-state index < -0.39 is 5.56 Å². The lowest BCUT2D eigenvalue weighted by atomic mass is 10.0. The van der Waals surface area contributed by atoms with Gasteiger partial charge in [0.15, 0.2) is 4.77 Å². The molecule has 1 aliphatic heterocycles. The van der Waals surface area contributed by atoms with Gasteiger partial charge in [-0.15, -0.1) is 11.8 Å². The minimum Gasteiger partial charge on any atom is -0.494 e. The van der Waals surface area contributed by atoms with Gasteiger partial charge in [-0.2, -0.15) is 0 Å². The average Bonchev–Trinajstić information content (AvgIpc) is 2.86. The zero-order valence-corrected chi connectivity index (χ0v) is 18.1. The first kappa shape index (κ1) is 19.2. The lowest BCUT2D eigenvalue weighted by molar-refractivity contribution is 0.419. The molecule has 1 aliphatic rings. The van der Waals surface area contributed by atoms with Crippen LogP contribution in [-0.4, -0.2) is 20.4 Å². The van der Waals surface area contributed by atoms with Crippen LogP contribution in [0.15, 0.2) is 67.7 Å². The van der Waals surface area contributed by atoms with E-state index in [0.717, 1.165) is 20.6 Å². The van der Waals surface area contributed by atoms with Gasteiger partial charge in [-0.05, 0) is 42.0 Å². The number of rotatable bonds is 2. The van der Waals surface area contributed by atoms with E-state index in [2.05, 4.69) is 33.0 Å². The maximum absolute atomic E-state index is 12.6. The number of nitrogens with one attached hydrogen (secondary N) is 1. The molecule has 0 amide bonds. The van der Waals surface area contributed by atoms with Crippen molar-refractivity contribution in [1.82, 2.24) is 9.55 Å². The fourth-order valence-corrected chi connectivity index (χ4v) is 4.78. The number of nitrogens with zero attached hydrogens (tertiary/aromatic N) is 2. The third-order valence-electron chi connectivity index (χ3n) is 4.59. The van der Waals surface area contributed by atoms with Crippen LogP contribution in [0.25, 0.3) is 0 Å². The number of aromatic nitrogens is 2. The molecule has 2 heterocycles. The van der Waals surface area contributed by atoms with Gasteiger partial charge in [0.05, 0.1) is 11.4 Å². The van der Waals surface area contributed by atoms with Crippen LogP contribution < -0.4 is 5.56 Å². The van der Waals surface area contributed by atoms with Gasteiger partial charge in [0.1, 0.15) is 5.56 Å². The Balaban J connectivity index is 1.90. The van der Waals surface area contributed by atoms with E-state index in [1.807, 2.05) is 36.4 Å². The summed E-state index contributed by atoms with van der Waals surface area (Å²) >= 11 is 10.3. The standard InChI is InChI=1S/C20H16BrN3O2S2/c1-24-19(26)17(18(25)23-20(24)27)14-10-16(11-6-8-12(21)9-7-11)28-15-5-3-2-4-13(15)22-14/h2-9,16,26H,10H2,1H3,(H,23,25,27)/t16-/m1/s1. The van der Waals surface area contributed by atoms with Crippen molar-refractivity contribution >= 4 is 51.3 Å². The average molecular weight is 474 g/mol. The summed E-state index contributed by atoms with van der Waals surface area (Å²) in [4.78, 5) is 21.0. The van der Waals surface area contributed by atoms with Crippen molar-refractivity contribution in [3.05, 3.63) is 79.3 Å². The molecule has 28 heavy (non-hydrogen) atoms. The van der Waals surface area contributed by atoms with Crippen LogP contribution in [0.1, 0.15) is 22.8 Å². The Morgan fingerprint density at radius 2 is 1.96 bits per heavy atom. The third-order valence-corrected chi connectivity index (χ3v) is 6.82. The number of hydrogen-bond donors (Lipinski definition) is 2. The van der Waals surface area contributed by atoms with Gasteiger partial charge in [-0.25, -0.2) is 0 Å². The quantitative estimate of drug-likeness (QED) is 0.497. The zero-order chi connectivity index (χ0) is 19.8. The molecule has 2 aromatic carbocycles. The fourth-order valence-electron chi connectivity index (χ4n) is 3.10. The summed E-state index contributed by atoms with van der Waals surface area (Å²) in [7, 11) is 1.61. The van der Waals surface area contributed by atoms with Crippen LogP contribution in [0.3, 0.4) is 0 Å². The second-order valence-corrected chi connectivity index (χ2v) is 8.95. The molecule has 0 saturated heterocycles. The molecule has 3 aromatic rings. The Kier molecular flexibility index (Phi) is 5.27. The smallest absolute Gasteiger partial charge is 0.264 e. The molecule has 1 atom stereocenters. The topological polar surface area (TPSA) is 70.4 Å². The molecule has 0 bridgehead atoms. The summed E-state index contributed by atoms with van der Waals surface area (Å²) in [6.07, 6.45) is 0.494. The summed E-state index contributed by atoms with van der Waals surface area (Å²) in [5, 5.41) is 10.7. The molecular weight excluding hydrogens is 458 g/mol. The van der Waals surface area contributed by atoms with Gasteiger partial charge in [0.2, 0.25) is 5.88 Å². The molecule has 4 rings (SSSR count). The maximum Gasteiger partial charge on any atom is 0.264 e. The predicted octanol–water partition coefficient (Wildman–Crippen LogP) is 5.27. The Bertz CT molecular complexity index is 1200. The number of fused-ring (bicyclic) bond motifs is 1. The number of aromatic amines is 1. The zero-order valence-electron chi connectivity index (χ0n) is 14.8. The molecule has 8 heteroatoms. The minimum absolute atomic E-state index is 0.0442. The second-order valence-electron chi connectivity index (χ2n) is 6.41. The van der Waals surface area contributed by atoms with Crippen molar-refractivity contribution in [2.75, 3.05) is 0 Å². The van der Waals surface area contributed by atoms with E-state index in [4.69, 9.17) is 17.2 Å². The van der Waals surface area contributed by atoms with Gasteiger partial charge in [0, 0.05) is 28.1 Å². The summed E-state index contributed by atoms with van der Waals surface area (Å²) in [5.74, 6) is -0.175. The van der Waals surface area contributed by atoms with Gasteiger partial charge >= 0.3 is 0 Å². The first-order valence-corrected chi connectivity index (χ1v) is 10.6. The van der Waals surface area contributed by atoms with E-state index in [1.54, 1.807) is 18.8 Å². The highest BCUT2D eigenvalue weighted by molar-refractivity contribution is 9.10. The molecular formula is C20H16BrN3O2S2. The summed E-state index contributed by atoms with van der Waals surface area (Å²) in [6.45, 7) is 0. The van der Waals surface area contributed by atoms with E-state index in [0.29, 0.717) is 12.1 Å². The molecule has 2 N–H and O–H groups in total. The van der Waals surface area contributed by atoms with Crippen LogP contribution in [0.4, 0.5) is 5.69 Å². The fraction of sp³-hybridized carbons (Fsp3) is 0.150. The first-order valence-electron chi connectivity index (χ1n) is 8.55. The van der Waals surface area contributed by atoms with Crippen LogP contribution in [0, 0.1) is 4.77 Å². The molecule has 0 spiro atoms. The number of thioether (sulfide) groups is 1. The summed E-state index contributed by atoms with van der Waals surface area (Å²) in [6, 6.07) is 15.9. The van der Waals surface area contributed by atoms with E-state index in [1.165, 1.54) is 4.57 Å². The molecule has 1 aromatic heterocycles. The van der Waals surface area contributed by atoms with Crippen molar-refractivity contribution < 1.29 is 5.11 Å². The number of benzene rings is 2. The van der Waals surface area contributed by atoms with Crippen molar-refractivity contribution in [3.63, 3.8) is 0 Å². The molecule has 0 saturated carbocycles. The Morgan fingerprint density at radius 3 is 2.71 bits per heavy atom. The summed E-state index contributed by atoms with van der Waals surface area (Å²) in [5.41, 5.74) is 2.17. The van der Waals surface area contributed by atoms with Crippen molar-refractivity contribution in [2.45, 2.75) is 16.6 Å². The Morgan fingerprint density at radius 1 is 1.25 bits per heavy atom. The number of H-pyrrole nitrogens is 1. The van der Waals surface area contributed by atoms with Gasteiger partial charge < -0.3 is 5.11 Å². The molecule has 142 valence electrons. The number of aromatic hydroxyl groups is 1. The predicted molar refractivity (Wildman–Crippen MR) is 119 cm³/mol. The molecule has 0 aliphatic carbocycles. The lowest BCUT2D eigenvalue weighted by Gasteiger charge is -2.17. The molecule has 5 nitrogen and oxygen atoms in total. The van der Waals surface area contributed by atoms with Crippen LogP contribution >= 0.6 is 39.9 Å². The molecule has 0 fully saturated rings. The van der Waals surface area contributed by atoms with Crippen molar-refractivity contribution in [1.29, 1.82) is 0 Å².